The van der Waals surface area contributed by atoms with Gasteiger partial charge in [-0.2, -0.15) is 0 Å². The highest BCUT2D eigenvalue weighted by Gasteiger charge is 2.16. The predicted molar refractivity (Wildman–Crippen MR) is 228 cm³/mol. The molecule has 5 nitrogen and oxygen atoms in total. The molecule has 0 saturated carbocycles. The first kappa shape index (κ1) is 49.6. The predicted octanol–water partition coefficient (Wildman–Crippen LogP) is 13.5. The van der Waals surface area contributed by atoms with Crippen molar-refractivity contribution in [2.45, 2.75) is 168 Å². The van der Waals surface area contributed by atoms with Gasteiger partial charge in [0, 0.05) is 12.8 Å². The maximum atomic E-state index is 12.1. The van der Waals surface area contributed by atoms with E-state index in [2.05, 4.69) is 123 Å². The van der Waals surface area contributed by atoms with Gasteiger partial charge in [-0.3, -0.25) is 9.59 Å². The van der Waals surface area contributed by atoms with Gasteiger partial charge in [0.25, 0.3) is 0 Å². The summed E-state index contributed by atoms with van der Waals surface area (Å²) >= 11 is 0. The Hall–Kier alpha value is -3.44. The summed E-state index contributed by atoms with van der Waals surface area (Å²) in [5.74, 6) is -0.634. The van der Waals surface area contributed by atoms with E-state index in [1.807, 2.05) is 0 Å². The monoisotopic (exact) mass is 733 g/mol. The Morgan fingerprint density at radius 3 is 1.23 bits per heavy atom. The van der Waals surface area contributed by atoms with E-state index >= 15 is 0 Å². The Morgan fingerprint density at radius 2 is 0.811 bits per heavy atom. The van der Waals surface area contributed by atoms with Crippen molar-refractivity contribution in [3.05, 3.63) is 109 Å². The highest BCUT2D eigenvalue weighted by molar-refractivity contribution is 5.70. The smallest absolute Gasteiger partial charge is 0.306 e. The summed E-state index contributed by atoms with van der Waals surface area (Å²) < 4.78 is 10.5. The molecule has 0 spiro atoms. The molecule has 0 aromatic carbocycles. The lowest BCUT2D eigenvalue weighted by molar-refractivity contribution is -0.161. The first-order valence-corrected chi connectivity index (χ1v) is 20.9. The summed E-state index contributed by atoms with van der Waals surface area (Å²) in [6, 6.07) is 0. The topological polar surface area (TPSA) is 72.8 Å². The van der Waals surface area contributed by atoms with Gasteiger partial charge in [0.1, 0.15) is 6.61 Å². The number of aliphatic hydroxyl groups is 1. The van der Waals surface area contributed by atoms with Gasteiger partial charge in [-0.15, -0.1) is 0 Å². The van der Waals surface area contributed by atoms with E-state index in [1.165, 1.54) is 19.3 Å². The van der Waals surface area contributed by atoms with Gasteiger partial charge in [-0.05, 0) is 83.5 Å². The second-order valence-electron chi connectivity index (χ2n) is 13.3. The third kappa shape index (κ3) is 41.2. The fourth-order valence-electron chi connectivity index (χ4n) is 5.19. The van der Waals surface area contributed by atoms with Gasteiger partial charge in [-0.25, -0.2) is 0 Å². The van der Waals surface area contributed by atoms with Crippen molar-refractivity contribution >= 4 is 11.9 Å². The molecule has 0 saturated heterocycles. The van der Waals surface area contributed by atoms with Crippen LogP contribution < -0.4 is 0 Å². The summed E-state index contributed by atoms with van der Waals surface area (Å²) in [5, 5.41) is 9.49. The zero-order valence-electron chi connectivity index (χ0n) is 33.7. The lowest BCUT2D eigenvalue weighted by atomic mass is 10.1. The summed E-state index contributed by atoms with van der Waals surface area (Å²) in [5.41, 5.74) is 0. The largest absolute Gasteiger partial charge is 0.462 e. The van der Waals surface area contributed by atoms with E-state index in [1.54, 1.807) is 0 Å². The zero-order valence-corrected chi connectivity index (χ0v) is 33.7. The van der Waals surface area contributed by atoms with Crippen molar-refractivity contribution in [3.63, 3.8) is 0 Å². The summed E-state index contributed by atoms with van der Waals surface area (Å²) in [6.07, 6.45) is 61.9. The van der Waals surface area contributed by atoms with E-state index in [0.29, 0.717) is 12.8 Å². The minimum atomic E-state index is -0.784. The van der Waals surface area contributed by atoms with E-state index in [9.17, 15) is 14.7 Å². The third-order valence-electron chi connectivity index (χ3n) is 8.33. The van der Waals surface area contributed by atoms with Crippen LogP contribution in [0, 0.1) is 0 Å². The standard InChI is InChI=1S/C48H76O5/c1-3-5-7-9-11-12-13-14-15-16-17-18-19-20-21-22-23-24-25-26-27-28-29-30-31-32-33-34-35-36-37-39-41-43-48(51)53-46(44-49)45-52-47(50)42-40-38-10-8-6-4-2/h5,7,11-12,14-15,17-18,20-21,23-24,26-27,29-30,32-33,46,49H,3-4,6,8-10,13,16,19,22,25,28,31,34-45H2,1-2H3/b7-5-,12-11-,15-14-,18-17-,21-20-,24-23-,27-26-,30-29-,33-32-. The van der Waals surface area contributed by atoms with Crippen molar-refractivity contribution in [1.82, 2.24) is 0 Å². The number of rotatable bonds is 36. The normalized spacial score (nSPS) is 13.3. The molecular weight excluding hydrogens is 657 g/mol. The molecule has 0 fully saturated rings. The van der Waals surface area contributed by atoms with Gasteiger partial charge in [-0.1, -0.05) is 175 Å². The summed E-state index contributed by atoms with van der Waals surface area (Å²) in [6.45, 7) is 3.91. The number of allylic oxidation sites excluding steroid dienone is 18. The quantitative estimate of drug-likeness (QED) is 0.0394. The number of unbranched alkanes of at least 4 members (excludes halogenated alkanes) is 10. The molecule has 0 bridgehead atoms. The maximum Gasteiger partial charge on any atom is 0.306 e. The number of carbonyl (C=O) groups is 2. The molecular formula is C48H76O5. The number of ether oxygens (including phenoxy) is 2. The Kier molecular flexibility index (Phi) is 40.2. The fourth-order valence-corrected chi connectivity index (χ4v) is 5.19. The van der Waals surface area contributed by atoms with Crippen molar-refractivity contribution in [3.8, 4) is 0 Å². The molecule has 0 radical (unpaired) electrons. The minimum absolute atomic E-state index is 0.0804. The van der Waals surface area contributed by atoms with Crippen molar-refractivity contribution in [2.75, 3.05) is 13.2 Å². The first-order valence-electron chi connectivity index (χ1n) is 20.9. The molecule has 298 valence electrons. The molecule has 0 aromatic rings. The maximum absolute atomic E-state index is 12.1. The van der Waals surface area contributed by atoms with Crippen LogP contribution >= 0.6 is 0 Å². The van der Waals surface area contributed by atoms with E-state index in [-0.39, 0.29) is 25.2 Å². The Bertz CT molecular complexity index is 1100. The number of esters is 2. The Balaban J connectivity index is 3.66. The number of hydrogen-bond donors (Lipinski definition) is 1. The van der Waals surface area contributed by atoms with Crippen molar-refractivity contribution in [2.24, 2.45) is 0 Å². The number of hydrogen-bond acceptors (Lipinski definition) is 5. The average Bonchev–Trinajstić information content (AvgIpc) is 3.16. The molecule has 1 unspecified atom stereocenters. The molecule has 5 heteroatoms. The van der Waals surface area contributed by atoms with E-state index in [0.717, 1.165) is 116 Å². The summed E-state index contributed by atoms with van der Waals surface area (Å²) in [7, 11) is 0. The van der Waals surface area contributed by atoms with Crippen LogP contribution in [0.3, 0.4) is 0 Å². The molecule has 0 aromatic heterocycles. The zero-order chi connectivity index (χ0) is 38.6. The van der Waals surface area contributed by atoms with Crippen LogP contribution in [0.1, 0.15) is 162 Å². The third-order valence-corrected chi connectivity index (χ3v) is 8.33. The van der Waals surface area contributed by atoms with Crippen LogP contribution in [-0.4, -0.2) is 36.4 Å². The molecule has 0 aliphatic carbocycles. The number of aliphatic hydroxyl groups excluding tert-OH is 1. The van der Waals surface area contributed by atoms with Crippen LogP contribution in [0.2, 0.25) is 0 Å². The first-order chi connectivity index (χ1) is 26.1. The molecule has 0 aliphatic rings. The Morgan fingerprint density at radius 1 is 0.453 bits per heavy atom. The van der Waals surface area contributed by atoms with Gasteiger partial charge >= 0.3 is 11.9 Å². The molecule has 0 amide bonds. The van der Waals surface area contributed by atoms with Crippen LogP contribution in [0.25, 0.3) is 0 Å². The van der Waals surface area contributed by atoms with Crippen LogP contribution in [0.5, 0.6) is 0 Å². The lowest BCUT2D eigenvalue weighted by Gasteiger charge is -2.15. The molecule has 1 atom stereocenters. The molecule has 0 aliphatic heterocycles. The van der Waals surface area contributed by atoms with Crippen molar-refractivity contribution < 1.29 is 24.2 Å². The van der Waals surface area contributed by atoms with Crippen LogP contribution in [0.4, 0.5) is 0 Å². The minimum Gasteiger partial charge on any atom is -0.462 e. The fraction of sp³-hybridized carbons (Fsp3) is 0.583. The van der Waals surface area contributed by atoms with Gasteiger partial charge in [0.15, 0.2) is 6.10 Å². The van der Waals surface area contributed by atoms with Crippen molar-refractivity contribution in [1.29, 1.82) is 0 Å². The second kappa shape index (κ2) is 43.0. The average molecular weight is 733 g/mol. The van der Waals surface area contributed by atoms with Gasteiger partial charge < -0.3 is 14.6 Å². The molecule has 0 heterocycles. The molecule has 53 heavy (non-hydrogen) atoms. The van der Waals surface area contributed by atoms with E-state index in [4.69, 9.17) is 9.47 Å². The van der Waals surface area contributed by atoms with E-state index < -0.39 is 6.10 Å². The SMILES string of the molecule is CC/C=C\C/C=C\C/C=C\C/C=C\C/C=C\C/C=C\C/C=C\C/C=C\C/C=C\CCCCCCCC(=O)OC(CO)COC(=O)CCCCCCCC. The van der Waals surface area contributed by atoms with Gasteiger partial charge in [0.05, 0.1) is 6.61 Å². The van der Waals surface area contributed by atoms with Crippen LogP contribution in [0.15, 0.2) is 109 Å². The highest BCUT2D eigenvalue weighted by Crippen LogP contribution is 2.11. The number of carbonyl (C=O) groups excluding carboxylic acids is 2. The molecule has 1 N–H and O–H groups in total. The highest BCUT2D eigenvalue weighted by atomic mass is 16.6. The van der Waals surface area contributed by atoms with Gasteiger partial charge in [0.2, 0.25) is 0 Å². The summed E-state index contributed by atoms with van der Waals surface area (Å²) in [4.78, 5) is 24.0. The molecule has 0 rings (SSSR count). The van der Waals surface area contributed by atoms with Crippen LogP contribution in [-0.2, 0) is 19.1 Å². The second-order valence-corrected chi connectivity index (χ2v) is 13.3. The Labute approximate surface area is 325 Å². The lowest BCUT2D eigenvalue weighted by Crippen LogP contribution is -2.28.